The average Bonchev–Trinajstić information content (AvgIpc) is 3.21. The Morgan fingerprint density at radius 3 is 2.85 bits per heavy atom. The Balaban J connectivity index is 1.62. The smallest absolute Gasteiger partial charge is 0.153 e. The van der Waals surface area contributed by atoms with E-state index in [0.29, 0.717) is 12.5 Å². The summed E-state index contributed by atoms with van der Waals surface area (Å²) in [6.07, 6.45) is 4.95. The maximum Gasteiger partial charge on any atom is 0.153 e. The molecule has 1 saturated carbocycles. The van der Waals surface area contributed by atoms with Gasteiger partial charge in [0, 0.05) is 30.3 Å². The fourth-order valence-corrected chi connectivity index (χ4v) is 1.98. The third-order valence-corrected chi connectivity index (χ3v) is 3.23. The lowest BCUT2D eigenvalue weighted by molar-refractivity contribution is 0.869. The fourth-order valence-electron chi connectivity index (χ4n) is 1.98. The Morgan fingerprint density at radius 1 is 1.20 bits per heavy atom. The van der Waals surface area contributed by atoms with Crippen LogP contribution in [-0.4, -0.2) is 33.3 Å². The summed E-state index contributed by atoms with van der Waals surface area (Å²) in [6, 6.07) is 3.91. The Hall–Kier alpha value is -2.15. The van der Waals surface area contributed by atoms with E-state index in [-0.39, 0.29) is 0 Å². The molecule has 0 aliphatic heterocycles. The second kappa shape index (κ2) is 5.87. The van der Waals surface area contributed by atoms with E-state index < -0.39 is 0 Å². The highest BCUT2D eigenvalue weighted by molar-refractivity contribution is 5.55. The summed E-state index contributed by atoms with van der Waals surface area (Å²) in [5.41, 5.74) is 6.66. The van der Waals surface area contributed by atoms with E-state index in [1.165, 1.54) is 24.9 Å². The van der Waals surface area contributed by atoms with Crippen LogP contribution in [0.3, 0.4) is 0 Å². The molecule has 1 aliphatic carbocycles. The van der Waals surface area contributed by atoms with Gasteiger partial charge in [-0.15, -0.1) is 0 Å². The molecule has 1 aliphatic rings. The third-order valence-electron chi connectivity index (χ3n) is 3.23. The number of hydrogen-bond donors (Lipinski definition) is 4. The molecule has 0 atom stereocenters. The lowest BCUT2D eigenvalue weighted by Crippen LogP contribution is -2.09. The molecule has 20 heavy (non-hydrogen) atoms. The third kappa shape index (κ3) is 3.24. The van der Waals surface area contributed by atoms with Crippen molar-refractivity contribution in [3.05, 3.63) is 24.2 Å². The maximum atomic E-state index is 5.46. The number of H-pyrrole nitrogens is 1. The number of aromatic amines is 1. The van der Waals surface area contributed by atoms with Crippen molar-refractivity contribution in [3.63, 3.8) is 0 Å². The van der Waals surface area contributed by atoms with Gasteiger partial charge in [-0.05, 0) is 25.8 Å². The molecule has 0 saturated heterocycles. The molecule has 7 heteroatoms. The van der Waals surface area contributed by atoms with Crippen LogP contribution in [0.4, 0.5) is 17.5 Å². The zero-order chi connectivity index (χ0) is 13.8. The monoisotopic (exact) mass is 273 g/mol. The predicted octanol–water partition coefficient (Wildman–Crippen LogP) is 1.58. The molecule has 106 valence electrons. The summed E-state index contributed by atoms with van der Waals surface area (Å²) in [4.78, 5) is 8.36. The van der Waals surface area contributed by atoms with Gasteiger partial charge >= 0.3 is 0 Å². The number of rotatable bonds is 7. The van der Waals surface area contributed by atoms with Crippen molar-refractivity contribution in [1.82, 2.24) is 20.2 Å². The van der Waals surface area contributed by atoms with Crippen molar-refractivity contribution in [2.75, 3.05) is 23.7 Å². The summed E-state index contributed by atoms with van der Waals surface area (Å²) in [6.45, 7) is 1.47. The van der Waals surface area contributed by atoms with Crippen LogP contribution in [-0.2, 0) is 0 Å². The minimum atomic E-state index is 0.664. The van der Waals surface area contributed by atoms with Gasteiger partial charge in [0.2, 0.25) is 0 Å². The molecular weight excluding hydrogens is 254 g/mol. The zero-order valence-corrected chi connectivity index (χ0v) is 11.3. The van der Waals surface area contributed by atoms with E-state index in [1.54, 1.807) is 0 Å². The van der Waals surface area contributed by atoms with Crippen molar-refractivity contribution >= 4 is 17.5 Å². The van der Waals surface area contributed by atoms with Crippen molar-refractivity contribution in [2.24, 2.45) is 5.73 Å². The first-order valence-electron chi connectivity index (χ1n) is 6.93. The number of nitrogens with zero attached hydrogens (tertiary/aromatic N) is 3. The molecule has 1 fully saturated rings. The normalized spacial score (nSPS) is 14.2. The van der Waals surface area contributed by atoms with Gasteiger partial charge < -0.3 is 16.4 Å². The van der Waals surface area contributed by atoms with Crippen LogP contribution in [0.5, 0.6) is 0 Å². The molecule has 3 rings (SSSR count). The standard InChI is InChI=1S/C13H19N7/c14-4-1-5-15-11-7-12(17-8-16-11)18-13-6-10(19-20-13)9-2-3-9/h6-9H,1-5,14H2,(H3,15,16,17,18,19,20). The molecule has 7 nitrogen and oxygen atoms in total. The van der Waals surface area contributed by atoms with E-state index in [1.807, 2.05) is 12.1 Å². The summed E-state index contributed by atoms with van der Waals surface area (Å²) in [5.74, 6) is 2.97. The van der Waals surface area contributed by atoms with Gasteiger partial charge in [-0.2, -0.15) is 5.10 Å². The average molecular weight is 273 g/mol. The fraction of sp³-hybridized carbons (Fsp3) is 0.462. The summed E-state index contributed by atoms with van der Waals surface area (Å²) >= 11 is 0. The highest BCUT2D eigenvalue weighted by atomic mass is 15.2. The second-order valence-electron chi connectivity index (χ2n) is 4.97. The van der Waals surface area contributed by atoms with Crippen LogP contribution in [0.15, 0.2) is 18.5 Å². The first kappa shape index (κ1) is 12.9. The van der Waals surface area contributed by atoms with E-state index >= 15 is 0 Å². The molecule has 2 aromatic rings. The van der Waals surface area contributed by atoms with Gasteiger partial charge in [0.15, 0.2) is 5.82 Å². The van der Waals surface area contributed by atoms with Crippen LogP contribution < -0.4 is 16.4 Å². The van der Waals surface area contributed by atoms with E-state index in [0.717, 1.165) is 30.4 Å². The van der Waals surface area contributed by atoms with Crippen LogP contribution in [0, 0.1) is 0 Å². The minimum Gasteiger partial charge on any atom is -0.370 e. The van der Waals surface area contributed by atoms with Gasteiger partial charge in [0.1, 0.15) is 18.0 Å². The van der Waals surface area contributed by atoms with Crippen LogP contribution in [0.25, 0.3) is 0 Å². The van der Waals surface area contributed by atoms with Crippen LogP contribution in [0.2, 0.25) is 0 Å². The zero-order valence-electron chi connectivity index (χ0n) is 11.3. The second-order valence-corrected chi connectivity index (χ2v) is 4.97. The minimum absolute atomic E-state index is 0.664. The topological polar surface area (TPSA) is 105 Å². The van der Waals surface area contributed by atoms with E-state index in [9.17, 15) is 0 Å². The largest absolute Gasteiger partial charge is 0.370 e. The van der Waals surface area contributed by atoms with Crippen LogP contribution in [0.1, 0.15) is 30.9 Å². The Labute approximate surface area is 117 Å². The molecule has 2 heterocycles. The molecule has 0 aromatic carbocycles. The SMILES string of the molecule is NCCCNc1cc(Nc2cc(C3CC3)[nH]n2)ncn1. The molecule has 0 radical (unpaired) electrons. The summed E-state index contributed by atoms with van der Waals surface area (Å²) in [7, 11) is 0. The van der Waals surface area contributed by atoms with Gasteiger partial charge in [-0.25, -0.2) is 9.97 Å². The Bertz CT molecular complexity index is 561. The lowest BCUT2D eigenvalue weighted by atomic mass is 10.3. The van der Waals surface area contributed by atoms with Crippen molar-refractivity contribution in [1.29, 1.82) is 0 Å². The first-order chi connectivity index (χ1) is 9.85. The molecule has 0 bridgehead atoms. The maximum absolute atomic E-state index is 5.46. The van der Waals surface area contributed by atoms with Gasteiger partial charge in [0.25, 0.3) is 0 Å². The molecule has 2 aromatic heterocycles. The van der Waals surface area contributed by atoms with Gasteiger partial charge in [-0.3, -0.25) is 5.10 Å². The van der Waals surface area contributed by atoms with E-state index in [2.05, 4.69) is 30.8 Å². The quantitative estimate of drug-likeness (QED) is 0.571. The number of aromatic nitrogens is 4. The van der Waals surface area contributed by atoms with Gasteiger partial charge in [-0.1, -0.05) is 0 Å². The highest BCUT2D eigenvalue weighted by Crippen LogP contribution is 2.39. The predicted molar refractivity (Wildman–Crippen MR) is 78.0 cm³/mol. The van der Waals surface area contributed by atoms with Crippen molar-refractivity contribution < 1.29 is 0 Å². The highest BCUT2D eigenvalue weighted by Gasteiger charge is 2.25. The molecule has 5 N–H and O–H groups in total. The Kier molecular flexibility index (Phi) is 3.78. The number of hydrogen-bond acceptors (Lipinski definition) is 6. The summed E-state index contributed by atoms with van der Waals surface area (Å²) in [5, 5.41) is 13.7. The molecular formula is C13H19N7. The molecule has 0 amide bonds. The number of nitrogens with one attached hydrogen (secondary N) is 3. The molecule has 0 spiro atoms. The Morgan fingerprint density at radius 2 is 2.05 bits per heavy atom. The van der Waals surface area contributed by atoms with Gasteiger partial charge in [0.05, 0.1) is 0 Å². The number of nitrogens with two attached hydrogens (primary N) is 1. The van der Waals surface area contributed by atoms with Crippen molar-refractivity contribution in [3.8, 4) is 0 Å². The van der Waals surface area contributed by atoms with Crippen molar-refractivity contribution in [2.45, 2.75) is 25.2 Å². The lowest BCUT2D eigenvalue weighted by Gasteiger charge is -2.06. The molecule has 0 unspecified atom stereocenters. The summed E-state index contributed by atoms with van der Waals surface area (Å²) < 4.78 is 0. The van der Waals surface area contributed by atoms with E-state index in [4.69, 9.17) is 5.73 Å². The van der Waals surface area contributed by atoms with Crippen LogP contribution >= 0.6 is 0 Å². The first-order valence-corrected chi connectivity index (χ1v) is 6.93. The number of anilines is 3.